The summed E-state index contributed by atoms with van der Waals surface area (Å²) >= 11 is 0. The van der Waals surface area contributed by atoms with Gasteiger partial charge in [0.2, 0.25) is 0 Å². The zero-order chi connectivity index (χ0) is 13.7. The Morgan fingerprint density at radius 1 is 1.53 bits per heavy atom. The summed E-state index contributed by atoms with van der Waals surface area (Å²) in [5.41, 5.74) is 1.29. The molecule has 1 aliphatic heterocycles. The Balaban J connectivity index is 1.99. The first-order valence-corrected chi connectivity index (χ1v) is 7.25. The topological polar surface area (TPSA) is 31.4 Å². The highest BCUT2D eigenvalue weighted by Crippen LogP contribution is 2.20. The number of aromatic nitrogens is 1. The molecule has 4 nitrogen and oxygen atoms in total. The summed E-state index contributed by atoms with van der Waals surface area (Å²) < 4.78 is 0. The summed E-state index contributed by atoms with van der Waals surface area (Å²) in [6, 6.07) is 4.19. The van der Waals surface area contributed by atoms with Crippen molar-refractivity contribution in [3.63, 3.8) is 0 Å². The largest absolute Gasteiger partial charge is 0.359 e. The number of hydrogen-bond acceptors (Lipinski definition) is 4. The molecule has 0 aliphatic carbocycles. The molecule has 0 amide bonds. The molecule has 0 spiro atoms. The fourth-order valence-corrected chi connectivity index (χ4v) is 2.82. The van der Waals surface area contributed by atoms with E-state index in [1.54, 1.807) is 0 Å². The molecular weight excluding hydrogens is 236 g/mol. The highest BCUT2D eigenvalue weighted by Gasteiger charge is 2.21. The summed E-state index contributed by atoms with van der Waals surface area (Å²) in [4.78, 5) is 9.29. The van der Waals surface area contributed by atoms with Gasteiger partial charge in [-0.25, -0.2) is 4.98 Å². The Hall–Kier alpha value is -1.13. The number of nitrogens with one attached hydrogen (secondary N) is 1. The number of likely N-dealkylation sites (tertiary alicyclic amines) is 1. The molecule has 4 heteroatoms. The van der Waals surface area contributed by atoms with E-state index in [1.807, 2.05) is 12.3 Å². The van der Waals surface area contributed by atoms with Gasteiger partial charge >= 0.3 is 0 Å². The predicted molar refractivity (Wildman–Crippen MR) is 80.5 cm³/mol. The predicted octanol–water partition coefficient (Wildman–Crippen LogP) is 1.58. The van der Waals surface area contributed by atoms with E-state index in [-0.39, 0.29) is 0 Å². The lowest BCUT2D eigenvalue weighted by Crippen LogP contribution is -2.29. The number of hydrogen-bond donors (Lipinski definition) is 1. The number of nitrogens with zero attached hydrogens (tertiary/aromatic N) is 3. The van der Waals surface area contributed by atoms with E-state index in [9.17, 15) is 0 Å². The van der Waals surface area contributed by atoms with Crippen LogP contribution in [0.1, 0.15) is 18.9 Å². The minimum Gasteiger partial charge on any atom is -0.359 e. The van der Waals surface area contributed by atoms with Gasteiger partial charge in [0.25, 0.3) is 0 Å². The molecule has 0 radical (unpaired) electrons. The highest BCUT2D eigenvalue weighted by atomic mass is 15.2. The maximum absolute atomic E-state index is 4.56. The second-order valence-corrected chi connectivity index (χ2v) is 5.56. The van der Waals surface area contributed by atoms with Crippen LogP contribution in [0.4, 0.5) is 5.82 Å². The van der Waals surface area contributed by atoms with Crippen LogP contribution >= 0.6 is 0 Å². The second kappa shape index (κ2) is 6.87. The molecule has 106 valence electrons. The Labute approximate surface area is 116 Å². The maximum atomic E-state index is 4.56. The van der Waals surface area contributed by atoms with Gasteiger partial charge in [-0.15, -0.1) is 0 Å². The van der Waals surface area contributed by atoms with Gasteiger partial charge in [-0.2, -0.15) is 0 Å². The van der Waals surface area contributed by atoms with Crippen LogP contribution in [0.2, 0.25) is 0 Å². The van der Waals surface area contributed by atoms with Gasteiger partial charge in [0, 0.05) is 38.4 Å². The van der Waals surface area contributed by atoms with E-state index >= 15 is 0 Å². The van der Waals surface area contributed by atoms with Crippen LogP contribution in [0.25, 0.3) is 0 Å². The van der Waals surface area contributed by atoms with Crippen molar-refractivity contribution in [1.82, 2.24) is 15.2 Å². The van der Waals surface area contributed by atoms with E-state index in [4.69, 9.17) is 0 Å². The van der Waals surface area contributed by atoms with E-state index in [0.29, 0.717) is 0 Å². The molecule has 1 aromatic heterocycles. The van der Waals surface area contributed by atoms with Crippen molar-refractivity contribution in [1.29, 1.82) is 0 Å². The van der Waals surface area contributed by atoms with Gasteiger partial charge in [0.15, 0.2) is 0 Å². The smallest absolute Gasteiger partial charge is 0.132 e. The van der Waals surface area contributed by atoms with Crippen molar-refractivity contribution < 1.29 is 0 Å². The molecule has 1 unspecified atom stereocenters. The van der Waals surface area contributed by atoms with Crippen LogP contribution in [0.3, 0.4) is 0 Å². The van der Waals surface area contributed by atoms with Crippen LogP contribution in [0, 0.1) is 5.92 Å². The minimum absolute atomic E-state index is 0.768. The van der Waals surface area contributed by atoms with Gasteiger partial charge in [-0.3, -0.25) is 0 Å². The van der Waals surface area contributed by atoms with Gasteiger partial charge in [-0.05, 0) is 38.5 Å². The molecule has 0 bridgehead atoms. The van der Waals surface area contributed by atoms with Crippen molar-refractivity contribution in [2.45, 2.75) is 19.9 Å². The number of pyridine rings is 1. The Morgan fingerprint density at radius 3 is 3.05 bits per heavy atom. The van der Waals surface area contributed by atoms with Crippen LogP contribution in [0.15, 0.2) is 18.3 Å². The molecule has 1 N–H and O–H groups in total. The summed E-state index contributed by atoms with van der Waals surface area (Å²) in [7, 11) is 4.37. The average molecular weight is 262 g/mol. The molecule has 0 aromatic carbocycles. The summed E-state index contributed by atoms with van der Waals surface area (Å²) in [5.74, 6) is 1.89. The van der Waals surface area contributed by atoms with E-state index < -0.39 is 0 Å². The van der Waals surface area contributed by atoms with Gasteiger partial charge in [0.05, 0.1) is 0 Å². The normalized spacial score (nSPS) is 19.8. The van der Waals surface area contributed by atoms with Crippen LogP contribution in [-0.2, 0) is 6.54 Å². The first-order valence-electron chi connectivity index (χ1n) is 7.25. The number of rotatable bonds is 6. The molecule has 0 saturated carbocycles. The van der Waals surface area contributed by atoms with Crippen molar-refractivity contribution in [2.75, 3.05) is 45.2 Å². The molecule has 1 aliphatic rings. The summed E-state index contributed by atoms with van der Waals surface area (Å²) in [6.07, 6.45) is 3.19. The van der Waals surface area contributed by atoms with E-state index in [0.717, 1.165) is 31.4 Å². The van der Waals surface area contributed by atoms with E-state index in [2.05, 4.69) is 47.2 Å². The van der Waals surface area contributed by atoms with Crippen LogP contribution in [-0.4, -0.2) is 50.2 Å². The Bertz CT molecular complexity index is 393. The Kier molecular flexibility index (Phi) is 5.16. The minimum atomic E-state index is 0.768. The van der Waals surface area contributed by atoms with Gasteiger partial charge in [0.1, 0.15) is 5.82 Å². The molecule has 1 atom stereocenters. The number of anilines is 1. The van der Waals surface area contributed by atoms with Crippen LogP contribution in [0.5, 0.6) is 0 Å². The fourth-order valence-electron chi connectivity index (χ4n) is 2.82. The second-order valence-electron chi connectivity index (χ2n) is 5.56. The lowest BCUT2D eigenvalue weighted by Gasteiger charge is -2.24. The highest BCUT2D eigenvalue weighted by molar-refractivity contribution is 5.46. The standard InChI is InChI=1S/C15H26N4/c1-4-16-10-14-6-5-8-17-15(14)19(3)12-13-7-9-18(2)11-13/h5-6,8,13,16H,4,7,9-12H2,1-3H3. The molecule has 19 heavy (non-hydrogen) atoms. The average Bonchev–Trinajstić information content (AvgIpc) is 2.82. The van der Waals surface area contributed by atoms with Gasteiger partial charge < -0.3 is 15.1 Å². The molecule has 1 aromatic rings. The molecule has 1 fully saturated rings. The van der Waals surface area contributed by atoms with Crippen molar-refractivity contribution >= 4 is 5.82 Å². The zero-order valence-corrected chi connectivity index (χ0v) is 12.4. The summed E-state index contributed by atoms with van der Waals surface area (Å²) in [5, 5.41) is 3.39. The third-order valence-electron chi connectivity index (χ3n) is 3.82. The molecular formula is C15H26N4. The van der Waals surface area contributed by atoms with E-state index in [1.165, 1.54) is 25.1 Å². The van der Waals surface area contributed by atoms with Crippen molar-refractivity contribution in [2.24, 2.45) is 5.92 Å². The molecule has 1 saturated heterocycles. The SMILES string of the molecule is CCNCc1cccnc1N(C)CC1CCN(C)C1. The Morgan fingerprint density at radius 2 is 2.37 bits per heavy atom. The first kappa shape index (κ1) is 14.3. The third kappa shape index (κ3) is 3.91. The monoisotopic (exact) mass is 262 g/mol. The zero-order valence-electron chi connectivity index (χ0n) is 12.4. The van der Waals surface area contributed by atoms with Gasteiger partial charge in [-0.1, -0.05) is 13.0 Å². The summed E-state index contributed by atoms with van der Waals surface area (Å²) in [6.45, 7) is 7.55. The maximum Gasteiger partial charge on any atom is 0.132 e. The quantitative estimate of drug-likeness (QED) is 0.843. The third-order valence-corrected chi connectivity index (χ3v) is 3.82. The lowest BCUT2D eigenvalue weighted by molar-refractivity contribution is 0.395. The van der Waals surface area contributed by atoms with Crippen LogP contribution < -0.4 is 10.2 Å². The first-order chi connectivity index (χ1) is 9.20. The van der Waals surface area contributed by atoms with Crippen molar-refractivity contribution in [3.8, 4) is 0 Å². The lowest BCUT2D eigenvalue weighted by atomic mass is 10.1. The molecule has 2 rings (SSSR count). The molecule has 2 heterocycles. The van der Waals surface area contributed by atoms with Crippen molar-refractivity contribution in [3.05, 3.63) is 23.9 Å². The fraction of sp³-hybridized carbons (Fsp3) is 0.667.